The highest BCUT2D eigenvalue weighted by atomic mass is 127. The number of halogens is 2. The van der Waals surface area contributed by atoms with Gasteiger partial charge in [0.05, 0.1) is 10.9 Å². The smallest absolute Gasteiger partial charge is 0.194 e. The van der Waals surface area contributed by atoms with E-state index in [4.69, 9.17) is 16.1 Å². The van der Waals surface area contributed by atoms with Crippen molar-refractivity contribution in [1.82, 2.24) is 20.3 Å². The number of hydrogen-bond acceptors (Lipinski definition) is 5. The summed E-state index contributed by atoms with van der Waals surface area (Å²) in [5.41, 5.74) is 0.874. The Morgan fingerprint density at radius 2 is 2.12 bits per heavy atom. The van der Waals surface area contributed by atoms with Gasteiger partial charge < -0.3 is 14.7 Å². The number of guanidine groups is 1. The van der Waals surface area contributed by atoms with Crippen LogP contribution < -0.4 is 5.32 Å². The van der Waals surface area contributed by atoms with Gasteiger partial charge in [0.25, 0.3) is 0 Å². The van der Waals surface area contributed by atoms with E-state index in [-0.39, 0.29) is 24.0 Å². The Hall–Kier alpha value is -0.840. The first kappa shape index (κ1) is 19.5. The third-order valence-corrected chi connectivity index (χ3v) is 5.03. The lowest BCUT2D eigenvalue weighted by atomic mass is 10.3. The molecule has 1 fully saturated rings. The molecule has 9 heteroatoms. The summed E-state index contributed by atoms with van der Waals surface area (Å²) < 4.78 is 5.70. The molecule has 6 nitrogen and oxygen atoms in total. The monoisotopic (exact) mass is 481 g/mol. The fourth-order valence-corrected chi connectivity index (χ4v) is 3.74. The van der Waals surface area contributed by atoms with Crippen LogP contribution in [-0.4, -0.2) is 54.1 Å². The van der Waals surface area contributed by atoms with Crippen molar-refractivity contribution in [3.63, 3.8) is 0 Å². The molecule has 1 N–H and O–H groups in total. The van der Waals surface area contributed by atoms with Crippen LogP contribution in [0.1, 0.15) is 10.6 Å². The van der Waals surface area contributed by atoms with Gasteiger partial charge in [0.1, 0.15) is 12.0 Å². The van der Waals surface area contributed by atoms with Crippen LogP contribution in [0.2, 0.25) is 4.34 Å². The van der Waals surface area contributed by atoms with Gasteiger partial charge in [-0.05, 0) is 12.1 Å². The summed E-state index contributed by atoms with van der Waals surface area (Å²) in [6.07, 6.45) is 1.58. The second kappa shape index (κ2) is 9.59. The Labute approximate surface area is 167 Å². The van der Waals surface area contributed by atoms with Gasteiger partial charge in [-0.3, -0.25) is 9.89 Å². The van der Waals surface area contributed by atoms with Gasteiger partial charge in [-0.15, -0.1) is 35.3 Å². The summed E-state index contributed by atoms with van der Waals surface area (Å²) in [6.45, 7) is 5.53. The molecule has 0 spiro atoms. The largest absolute Gasteiger partial charge is 0.364 e. The average molecular weight is 482 g/mol. The van der Waals surface area contributed by atoms with E-state index < -0.39 is 0 Å². The second-order valence-electron chi connectivity index (χ2n) is 5.36. The Morgan fingerprint density at radius 3 is 2.71 bits per heavy atom. The third-order valence-electron chi connectivity index (χ3n) is 3.81. The van der Waals surface area contributed by atoms with Crippen molar-refractivity contribution in [2.75, 3.05) is 33.2 Å². The SMILES string of the molecule is CN=C(NCc1ccon1)N1CCN(Cc2ccc(Cl)s2)CC1.I. The number of thiophene rings is 1. The minimum atomic E-state index is 0. The molecule has 0 aromatic carbocycles. The summed E-state index contributed by atoms with van der Waals surface area (Å²) in [5, 5.41) is 7.23. The predicted molar refractivity (Wildman–Crippen MR) is 108 cm³/mol. The maximum Gasteiger partial charge on any atom is 0.194 e. The molecule has 1 aliphatic rings. The third kappa shape index (κ3) is 5.33. The van der Waals surface area contributed by atoms with E-state index in [2.05, 4.69) is 31.3 Å². The molecule has 0 radical (unpaired) electrons. The van der Waals surface area contributed by atoms with Crippen LogP contribution in [0.5, 0.6) is 0 Å². The van der Waals surface area contributed by atoms with Crippen LogP contribution in [0.15, 0.2) is 34.0 Å². The first-order chi connectivity index (χ1) is 11.2. The van der Waals surface area contributed by atoms with E-state index in [1.165, 1.54) is 4.88 Å². The summed E-state index contributed by atoms with van der Waals surface area (Å²) in [4.78, 5) is 10.4. The molecule has 1 saturated heterocycles. The molecule has 0 aliphatic carbocycles. The lowest BCUT2D eigenvalue weighted by Gasteiger charge is -2.36. The van der Waals surface area contributed by atoms with Gasteiger partial charge in [-0.2, -0.15) is 0 Å². The number of nitrogens with one attached hydrogen (secondary N) is 1. The summed E-state index contributed by atoms with van der Waals surface area (Å²) in [7, 11) is 1.81. The molecule has 132 valence electrons. The molecule has 0 saturated carbocycles. The number of nitrogens with zero attached hydrogens (tertiary/aromatic N) is 4. The molecular formula is C15H21ClIN5OS. The number of hydrogen-bond donors (Lipinski definition) is 1. The molecular weight excluding hydrogens is 461 g/mol. The van der Waals surface area contributed by atoms with E-state index in [0.29, 0.717) is 6.54 Å². The Kier molecular flexibility index (Phi) is 7.79. The first-order valence-electron chi connectivity index (χ1n) is 7.56. The van der Waals surface area contributed by atoms with E-state index in [1.807, 2.05) is 19.2 Å². The van der Waals surface area contributed by atoms with Crippen LogP contribution in [0, 0.1) is 0 Å². The number of aliphatic imine (C=N–C) groups is 1. The van der Waals surface area contributed by atoms with Gasteiger partial charge in [0.2, 0.25) is 0 Å². The zero-order valence-corrected chi connectivity index (χ0v) is 17.3. The van der Waals surface area contributed by atoms with Gasteiger partial charge in [0, 0.05) is 50.7 Å². The Balaban J connectivity index is 0.00000208. The van der Waals surface area contributed by atoms with Gasteiger partial charge in [-0.25, -0.2) is 0 Å². The summed E-state index contributed by atoms with van der Waals surface area (Å²) in [6, 6.07) is 5.93. The number of aromatic nitrogens is 1. The van der Waals surface area contributed by atoms with Crippen molar-refractivity contribution in [3.8, 4) is 0 Å². The van der Waals surface area contributed by atoms with Crippen molar-refractivity contribution in [2.24, 2.45) is 4.99 Å². The molecule has 0 amide bonds. The van der Waals surface area contributed by atoms with Crippen LogP contribution in [0.3, 0.4) is 0 Å². The van der Waals surface area contributed by atoms with Crippen molar-refractivity contribution in [2.45, 2.75) is 13.1 Å². The molecule has 3 rings (SSSR count). The number of rotatable bonds is 4. The Morgan fingerprint density at radius 1 is 1.33 bits per heavy atom. The molecule has 0 unspecified atom stereocenters. The maximum absolute atomic E-state index is 5.99. The van der Waals surface area contributed by atoms with E-state index >= 15 is 0 Å². The summed E-state index contributed by atoms with van der Waals surface area (Å²) in [5.74, 6) is 0.909. The second-order valence-corrected chi connectivity index (χ2v) is 7.16. The van der Waals surface area contributed by atoms with E-state index in [0.717, 1.165) is 48.7 Å². The van der Waals surface area contributed by atoms with Crippen LogP contribution in [0.25, 0.3) is 0 Å². The van der Waals surface area contributed by atoms with Crippen LogP contribution in [0.4, 0.5) is 0 Å². The minimum Gasteiger partial charge on any atom is -0.364 e. The van der Waals surface area contributed by atoms with Crippen molar-refractivity contribution >= 4 is 52.9 Å². The quantitative estimate of drug-likeness (QED) is 0.413. The van der Waals surface area contributed by atoms with Crippen LogP contribution in [-0.2, 0) is 13.1 Å². The molecule has 0 bridgehead atoms. The average Bonchev–Trinajstić information content (AvgIpc) is 3.21. The molecule has 1 aliphatic heterocycles. The first-order valence-corrected chi connectivity index (χ1v) is 8.75. The normalized spacial score (nSPS) is 16.1. The van der Waals surface area contributed by atoms with E-state index in [1.54, 1.807) is 17.6 Å². The zero-order valence-electron chi connectivity index (χ0n) is 13.4. The highest BCUT2D eigenvalue weighted by molar-refractivity contribution is 14.0. The lowest BCUT2D eigenvalue weighted by molar-refractivity contribution is 0.173. The number of piperazine rings is 1. The molecule has 2 aromatic rings. The highest BCUT2D eigenvalue weighted by Crippen LogP contribution is 2.23. The van der Waals surface area contributed by atoms with Crippen molar-refractivity contribution in [3.05, 3.63) is 39.4 Å². The lowest BCUT2D eigenvalue weighted by Crippen LogP contribution is -2.52. The maximum atomic E-state index is 5.99. The fraction of sp³-hybridized carbons (Fsp3) is 0.467. The molecule has 24 heavy (non-hydrogen) atoms. The van der Waals surface area contributed by atoms with Gasteiger partial charge >= 0.3 is 0 Å². The highest BCUT2D eigenvalue weighted by Gasteiger charge is 2.20. The molecule has 2 aromatic heterocycles. The van der Waals surface area contributed by atoms with Crippen molar-refractivity contribution < 1.29 is 4.52 Å². The zero-order chi connectivity index (χ0) is 16.1. The molecule has 0 atom stereocenters. The van der Waals surface area contributed by atoms with E-state index in [9.17, 15) is 0 Å². The minimum absolute atomic E-state index is 0. The topological polar surface area (TPSA) is 56.9 Å². The van der Waals surface area contributed by atoms with Crippen molar-refractivity contribution in [1.29, 1.82) is 0 Å². The summed E-state index contributed by atoms with van der Waals surface area (Å²) >= 11 is 7.65. The van der Waals surface area contributed by atoms with Gasteiger partial charge in [-0.1, -0.05) is 16.8 Å². The Bertz CT molecular complexity index is 640. The predicted octanol–water partition coefficient (Wildman–Crippen LogP) is 2.90. The standard InChI is InChI=1S/C15H20ClN5OS.HI/c1-17-15(18-10-12-4-9-22-19-12)21-7-5-20(6-8-21)11-13-2-3-14(16)23-13;/h2-4,9H,5-8,10-11H2,1H3,(H,17,18);1H. The van der Waals surface area contributed by atoms with Gasteiger partial charge in [0.15, 0.2) is 5.96 Å². The fourth-order valence-electron chi connectivity index (χ4n) is 2.61. The molecule has 3 heterocycles. The van der Waals surface area contributed by atoms with Crippen LogP contribution >= 0.6 is 46.9 Å².